The Morgan fingerprint density at radius 2 is 1.84 bits per heavy atom. The summed E-state index contributed by atoms with van der Waals surface area (Å²) in [5.41, 5.74) is 3.63. The molecule has 1 aromatic carbocycles. The van der Waals surface area contributed by atoms with Gasteiger partial charge in [-0.2, -0.15) is 0 Å². The Morgan fingerprint density at radius 3 is 2.48 bits per heavy atom. The van der Waals surface area contributed by atoms with Crippen LogP contribution in [0.4, 0.5) is 17.6 Å². The maximum absolute atomic E-state index is 15.1. The van der Waals surface area contributed by atoms with Crippen LogP contribution in [0.15, 0.2) is 60.0 Å². The van der Waals surface area contributed by atoms with Crippen molar-refractivity contribution in [1.29, 1.82) is 0 Å². The number of nitrogens with zero attached hydrogens (tertiary/aromatic N) is 4. The van der Waals surface area contributed by atoms with Crippen molar-refractivity contribution in [3.05, 3.63) is 83.4 Å². The number of likely N-dealkylation sites (N-methyl/N-ethyl adjacent to an activating group) is 1. The lowest BCUT2D eigenvalue weighted by molar-refractivity contribution is -0.129. The summed E-state index contributed by atoms with van der Waals surface area (Å²) in [5.74, 6) is -2.36. The van der Waals surface area contributed by atoms with Gasteiger partial charge in [-0.3, -0.25) is 19.7 Å². The molecule has 10 heteroatoms. The predicted molar refractivity (Wildman–Crippen MR) is 104 cm³/mol. The summed E-state index contributed by atoms with van der Waals surface area (Å²) < 4.78 is 55.3. The second-order valence-electron chi connectivity index (χ2n) is 6.90. The molecule has 2 aromatic heterocycles. The number of guanidine groups is 1. The minimum atomic E-state index is -2.91. The monoisotopic (exact) mass is 429 g/mol. The zero-order chi connectivity index (χ0) is 22.3. The van der Waals surface area contributed by atoms with E-state index in [1.807, 2.05) is 0 Å². The molecule has 6 nitrogen and oxygen atoms in total. The van der Waals surface area contributed by atoms with E-state index in [4.69, 9.17) is 5.73 Å². The number of halogens is 4. The molecule has 0 aliphatic carbocycles. The summed E-state index contributed by atoms with van der Waals surface area (Å²) in [4.78, 5) is 25.8. The number of alkyl halides is 2. The molecular weight excluding hydrogens is 414 g/mol. The maximum atomic E-state index is 15.1. The first-order chi connectivity index (χ1) is 14.7. The van der Waals surface area contributed by atoms with Crippen molar-refractivity contribution in [2.24, 2.45) is 10.7 Å². The van der Waals surface area contributed by atoms with E-state index in [0.717, 1.165) is 29.4 Å². The standard InChI is InChI=1S/C21H15F4N5O/c1-30-19(31)21(29-20(30)26,13-4-5-28-17(8-13)18(24)25)15-7-11(2-3-16(15)23)12-6-14(22)10-27-9-12/h2-10,18H,1H3,(H2,26,29). The second-order valence-corrected chi connectivity index (χ2v) is 6.90. The van der Waals surface area contributed by atoms with Gasteiger partial charge in [0.25, 0.3) is 12.3 Å². The molecule has 1 atom stereocenters. The number of hydrogen-bond donors (Lipinski definition) is 1. The summed E-state index contributed by atoms with van der Waals surface area (Å²) in [7, 11) is 1.34. The number of hydrogen-bond acceptors (Lipinski definition) is 5. The molecule has 1 aliphatic rings. The van der Waals surface area contributed by atoms with Crippen molar-refractivity contribution in [3.63, 3.8) is 0 Å². The van der Waals surface area contributed by atoms with Crippen LogP contribution in [0.1, 0.15) is 23.2 Å². The summed E-state index contributed by atoms with van der Waals surface area (Å²) in [5, 5.41) is 0. The Kier molecular flexibility index (Phi) is 4.92. The number of aliphatic imine (C=N–C) groups is 1. The SMILES string of the molecule is CN1C(=O)C(c2ccnc(C(F)F)c2)(c2cc(-c3cncc(F)c3)ccc2F)N=C1N. The molecule has 0 saturated carbocycles. The minimum Gasteiger partial charge on any atom is -0.369 e. The van der Waals surface area contributed by atoms with Gasteiger partial charge in [0.15, 0.2) is 11.5 Å². The van der Waals surface area contributed by atoms with Gasteiger partial charge in [0.2, 0.25) is 0 Å². The number of nitrogens with two attached hydrogens (primary N) is 1. The Balaban J connectivity index is 2.00. The highest BCUT2D eigenvalue weighted by Gasteiger charge is 2.51. The van der Waals surface area contributed by atoms with Crippen LogP contribution in [-0.4, -0.2) is 33.8 Å². The van der Waals surface area contributed by atoms with Crippen LogP contribution in [0.25, 0.3) is 11.1 Å². The third kappa shape index (κ3) is 3.29. The number of amides is 1. The lowest BCUT2D eigenvalue weighted by atomic mass is 9.81. The molecule has 0 spiro atoms. The molecule has 1 unspecified atom stereocenters. The van der Waals surface area contributed by atoms with Crippen LogP contribution in [0.2, 0.25) is 0 Å². The fourth-order valence-electron chi connectivity index (χ4n) is 3.50. The third-order valence-corrected chi connectivity index (χ3v) is 5.06. The van der Waals surface area contributed by atoms with Gasteiger partial charge in [0, 0.05) is 30.6 Å². The highest BCUT2D eigenvalue weighted by molar-refractivity contribution is 6.09. The van der Waals surface area contributed by atoms with Crippen molar-refractivity contribution >= 4 is 11.9 Å². The minimum absolute atomic E-state index is 0.0245. The first kappa shape index (κ1) is 20.5. The molecule has 0 saturated heterocycles. The predicted octanol–water partition coefficient (Wildman–Crippen LogP) is 3.39. The van der Waals surface area contributed by atoms with Crippen LogP contribution in [0.3, 0.4) is 0 Å². The number of carbonyl (C=O) groups excluding carboxylic acids is 1. The van der Waals surface area contributed by atoms with E-state index in [2.05, 4.69) is 15.0 Å². The average molecular weight is 429 g/mol. The second kappa shape index (κ2) is 7.46. The topological polar surface area (TPSA) is 84.5 Å². The third-order valence-electron chi connectivity index (χ3n) is 5.06. The Bertz CT molecular complexity index is 1220. The van der Waals surface area contributed by atoms with Gasteiger partial charge in [-0.1, -0.05) is 6.07 Å². The van der Waals surface area contributed by atoms with Crippen LogP contribution in [-0.2, 0) is 10.3 Å². The van der Waals surface area contributed by atoms with Crippen LogP contribution < -0.4 is 5.73 Å². The Labute approximate surface area is 174 Å². The Morgan fingerprint density at radius 1 is 1.06 bits per heavy atom. The smallest absolute Gasteiger partial charge is 0.280 e. The van der Waals surface area contributed by atoms with Crippen LogP contribution in [0.5, 0.6) is 0 Å². The lowest BCUT2D eigenvalue weighted by Gasteiger charge is -2.27. The zero-order valence-corrected chi connectivity index (χ0v) is 16.1. The van der Waals surface area contributed by atoms with Gasteiger partial charge in [-0.25, -0.2) is 22.6 Å². The molecule has 31 heavy (non-hydrogen) atoms. The molecule has 1 aliphatic heterocycles. The van der Waals surface area contributed by atoms with E-state index in [9.17, 15) is 18.0 Å². The van der Waals surface area contributed by atoms with Gasteiger partial charge in [-0.05, 0) is 41.5 Å². The largest absolute Gasteiger partial charge is 0.369 e. The Hall–Kier alpha value is -3.82. The quantitative estimate of drug-likeness (QED) is 0.645. The molecule has 0 bridgehead atoms. The normalized spacial score (nSPS) is 18.6. The molecule has 3 aromatic rings. The zero-order valence-electron chi connectivity index (χ0n) is 16.1. The van der Waals surface area contributed by atoms with Gasteiger partial charge < -0.3 is 5.73 Å². The highest BCUT2D eigenvalue weighted by atomic mass is 19.3. The summed E-state index contributed by atoms with van der Waals surface area (Å²) in [6.07, 6.45) is 0.559. The fourth-order valence-corrected chi connectivity index (χ4v) is 3.50. The van der Waals surface area contributed by atoms with Crippen molar-refractivity contribution in [1.82, 2.24) is 14.9 Å². The van der Waals surface area contributed by atoms with Crippen molar-refractivity contribution < 1.29 is 22.4 Å². The van der Waals surface area contributed by atoms with Crippen molar-refractivity contribution in [2.45, 2.75) is 12.0 Å². The number of aromatic nitrogens is 2. The van der Waals surface area contributed by atoms with Gasteiger partial charge in [-0.15, -0.1) is 0 Å². The molecule has 158 valence electrons. The van der Waals surface area contributed by atoms with Crippen LogP contribution >= 0.6 is 0 Å². The summed E-state index contributed by atoms with van der Waals surface area (Å²) >= 11 is 0. The fraction of sp³-hybridized carbons (Fsp3) is 0.143. The molecule has 0 radical (unpaired) electrons. The van der Waals surface area contributed by atoms with Crippen molar-refractivity contribution in [3.8, 4) is 11.1 Å². The molecule has 3 heterocycles. The number of carbonyl (C=O) groups is 1. The first-order valence-corrected chi connectivity index (χ1v) is 9.03. The molecule has 4 rings (SSSR count). The maximum Gasteiger partial charge on any atom is 0.280 e. The van der Waals surface area contributed by atoms with E-state index < -0.39 is 35.2 Å². The van der Waals surface area contributed by atoms with E-state index in [1.54, 1.807) is 0 Å². The lowest BCUT2D eigenvalue weighted by Crippen LogP contribution is -2.41. The van der Waals surface area contributed by atoms with E-state index in [1.165, 1.54) is 37.5 Å². The highest BCUT2D eigenvalue weighted by Crippen LogP contribution is 2.42. The molecule has 1 amide bonds. The molecule has 2 N–H and O–H groups in total. The summed E-state index contributed by atoms with van der Waals surface area (Å²) in [6.45, 7) is 0. The van der Waals surface area contributed by atoms with E-state index >= 15 is 4.39 Å². The average Bonchev–Trinajstić information content (AvgIpc) is 2.99. The van der Waals surface area contributed by atoms with Crippen LogP contribution in [0, 0.1) is 11.6 Å². The number of benzene rings is 1. The summed E-state index contributed by atoms with van der Waals surface area (Å²) in [6, 6.07) is 7.27. The van der Waals surface area contributed by atoms with E-state index in [0.29, 0.717) is 11.1 Å². The molecular formula is C21H15F4N5O. The van der Waals surface area contributed by atoms with E-state index in [-0.39, 0.29) is 17.1 Å². The van der Waals surface area contributed by atoms with Gasteiger partial charge in [0.05, 0.1) is 6.20 Å². The number of pyridine rings is 2. The van der Waals surface area contributed by atoms with Gasteiger partial charge in [0.1, 0.15) is 17.3 Å². The number of rotatable bonds is 4. The molecule has 0 fully saturated rings. The first-order valence-electron chi connectivity index (χ1n) is 9.03. The van der Waals surface area contributed by atoms with Crippen molar-refractivity contribution in [2.75, 3.05) is 7.05 Å². The van der Waals surface area contributed by atoms with Gasteiger partial charge >= 0.3 is 0 Å².